The standard InChI is InChI=1S/C10H12N6OS/c1-5-3-4-6(7(11)12)8(13-5)18-10-15-14-9(17)16(10)2/h3-4H,1-2H3,(H3,11,12)(H,14,17). The molecule has 2 rings (SSSR count). The number of nitrogen functional groups attached to an aromatic ring is 1. The van der Waals surface area contributed by atoms with Gasteiger partial charge in [-0.25, -0.2) is 14.9 Å². The van der Waals surface area contributed by atoms with E-state index in [1.165, 1.54) is 16.3 Å². The third kappa shape index (κ3) is 2.28. The third-order valence-electron chi connectivity index (χ3n) is 2.32. The highest BCUT2D eigenvalue weighted by Crippen LogP contribution is 2.26. The van der Waals surface area contributed by atoms with E-state index >= 15 is 0 Å². The fraction of sp³-hybridized carbons (Fsp3) is 0.200. The Hall–Kier alpha value is -2.09. The lowest BCUT2D eigenvalue weighted by Crippen LogP contribution is -2.14. The quantitative estimate of drug-likeness (QED) is 0.543. The average molecular weight is 264 g/mol. The summed E-state index contributed by atoms with van der Waals surface area (Å²) in [6.45, 7) is 1.84. The number of aromatic nitrogens is 4. The second-order valence-electron chi connectivity index (χ2n) is 3.69. The highest BCUT2D eigenvalue weighted by Gasteiger charge is 2.13. The van der Waals surface area contributed by atoms with Crippen molar-refractivity contribution < 1.29 is 0 Å². The number of nitrogens with two attached hydrogens (primary N) is 1. The van der Waals surface area contributed by atoms with Gasteiger partial charge in [0.2, 0.25) is 0 Å². The number of H-pyrrole nitrogens is 1. The van der Waals surface area contributed by atoms with Crippen molar-refractivity contribution in [2.24, 2.45) is 12.8 Å². The Morgan fingerprint density at radius 3 is 2.83 bits per heavy atom. The Labute approximate surface area is 107 Å². The molecule has 0 aromatic carbocycles. The van der Waals surface area contributed by atoms with Crippen molar-refractivity contribution in [1.82, 2.24) is 19.7 Å². The molecular weight excluding hydrogens is 252 g/mol. The zero-order chi connectivity index (χ0) is 13.3. The molecule has 0 aliphatic rings. The number of hydrogen-bond donors (Lipinski definition) is 3. The smallest absolute Gasteiger partial charge is 0.343 e. The number of aromatic amines is 1. The zero-order valence-corrected chi connectivity index (χ0v) is 10.7. The van der Waals surface area contributed by atoms with E-state index in [-0.39, 0.29) is 11.5 Å². The topological polar surface area (TPSA) is 113 Å². The number of pyridine rings is 1. The first-order valence-electron chi connectivity index (χ1n) is 5.10. The maximum atomic E-state index is 11.3. The highest BCUT2D eigenvalue weighted by atomic mass is 32.2. The maximum absolute atomic E-state index is 11.3. The van der Waals surface area contributed by atoms with Crippen LogP contribution in [-0.4, -0.2) is 25.6 Å². The Balaban J connectivity index is 2.45. The van der Waals surface area contributed by atoms with Crippen molar-refractivity contribution >= 4 is 17.6 Å². The van der Waals surface area contributed by atoms with Crippen LogP contribution in [0.4, 0.5) is 0 Å². The van der Waals surface area contributed by atoms with E-state index in [4.69, 9.17) is 11.1 Å². The lowest BCUT2D eigenvalue weighted by atomic mass is 10.2. The monoisotopic (exact) mass is 264 g/mol. The van der Waals surface area contributed by atoms with E-state index in [9.17, 15) is 4.79 Å². The second kappa shape index (κ2) is 4.65. The van der Waals surface area contributed by atoms with Crippen LogP contribution in [0.1, 0.15) is 11.3 Å². The average Bonchev–Trinajstić information content (AvgIpc) is 2.61. The van der Waals surface area contributed by atoms with Gasteiger partial charge >= 0.3 is 5.69 Å². The molecule has 0 radical (unpaired) electrons. The van der Waals surface area contributed by atoms with Crippen LogP contribution in [0.3, 0.4) is 0 Å². The summed E-state index contributed by atoms with van der Waals surface area (Å²) in [6.07, 6.45) is 0. The maximum Gasteiger partial charge on any atom is 0.343 e. The second-order valence-corrected chi connectivity index (χ2v) is 4.65. The Morgan fingerprint density at radius 2 is 2.28 bits per heavy atom. The number of rotatable bonds is 3. The van der Waals surface area contributed by atoms with Crippen LogP contribution in [0.2, 0.25) is 0 Å². The lowest BCUT2D eigenvalue weighted by molar-refractivity contribution is 0.764. The number of nitrogens with one attached hydrogen (secondary N) is 2. The molecule has 0 fully saturated rings. The Morgan fingerprint density at radius 1 is 1.56 bits per heavy atom. The minimum absolute atomic E-state index is 0.0643. The van der Waals surface area contributed by atoms with Gasteiger partial charge in [0.15, 0.2) is 5.16 Å². The molecule has 94 valence electrons. The highest BCUT2D eigenvalue weighted by molar-refractivity contribution is 7.99. The van der Waals surface area contributed by atoms with Crippen molar-refractivity contribution in [3.05, 3.63) is 33.9 Å². The molecule has 0 amide bonds. The van der Waals surface area contributed by atoms with Crippen LogP contribution >= 0.6 is 11.8 Å². The van der Waals surface area contributed by atoms with Gasteiger partial charge in [-0.1, -0.05) is 0 Å². The minimum atomic E-state index is -0.297. The summed E-state index contributed by atoms with van der Waals surface area (Å²) in [7, 11) is 1.61. The molecule has 0 aliphatic heterocycles. The number of amidine groups is 1. The molecule has 2 heterocycles. The van der Waals surface area contributed by atoms with Crippen LogP contribution in [0.25, 0.3) is 0 Å². The summed E-state index contributed by atoms with van der Waals surface area (Å²) >= 11 is 1.19. The van der Waals surface area contributed by atoms with Crippen LogP contribution in [0, 0.1) is 12.3 Å². The molecule has 0 unspecified atom stereocenters. The van der Waals surface area contributed by atoms with Gasteiger partial charge in [0, 0.05) is 18.3 Å². The van der Waals surface area contributed by atoms with Crippen molar-refractivity contribution in [1.29, 1.82) is 5.41 Å². The zero-order valence-electron chi connectivity index (χ0n) is 9.89. The van der Waals surface area contributed by atoms with E-state index in [0.717, 1.165) is 5.69 Å². The third-order valence-corrected chi connectivity index (χ3v) is 3.37. The van der Waals surface area contributed by atoms with Gasteiger partial charge in [0.05, 0.1) is 0 Å². The first-order valence-corrected chi connectivity index (χ1v) is 5.92. The summed E-state index contributed by atoms with van der Waals surface area (Å²) in [6, 6.07) is 3.52. The predicted octanol–water partition coefficient (Wildman–Crippen LogP) is 0.247. The number of nitrogens with zero attached hydrogens (tertiary/aromatic N) is 3. The van der Waals surface area contributed by atoms with Crippen molar-refractivity contribution in [2.45, 2.75) is 17.1 Å². The predicted molar refractivity (Wildman–Crippen MR) is 67.9 cm³/mol. The van der Waals surface area contributed by atoms with E-state index < -0.39 is 0 Å². The summed E-state index contributed by atoms with van der Waals surface area (Å²) in [5.41, 5.74) is 6.54. The number of hydrogen-bond acceptors (Lipinski definition) is 5. The van der Waals surface area contributed by atoms with Crippen molar-refractivity contribution in [3.63, 3.8) is 0 Å². The van der Waals surface area contributed by atoms with Gasteiger partial charge in [-0.05, 0) is 30.8 Å². The SMILES string of the molecule is Cc1ccc(C(=N)N)c(Sc2n[nH]c(=O)n2C)n1. The molecule has 2 aromatic rings. The van der Waals surface area contributed by atoms with Gasteiger partial charge in [-0.15, -0.1) is 5.10 Å². The Bertz CT molecular complexity index is 659. The molecule has 4 N–H and O–H groups in total. The first-order chi connectivity index (χ1) is 8.49. The molecule has 0 spiro atoms. The summed E-state index contributed by atoms with van der Waals surface area (Å²) in [5.74, 6) is -0.0643. The van der Waals surface area contributed by atoms with E-state index in [1.54, 1.807) is 19.2 Å². The normalized spacial score (nSPS) is 10.6. The lowest BCUT2D eigenvalue weighted by Gasteiger charge is -2.06. The molecule has 18 heavy (non-hydrogen) atoms. The molecule has 0 aliphatic carbocycles. The molecular formula is C10H12N6OS. The minimum Gasteiger partial charge on any atom is -0.384 e. The fourth-order valence-corrected chi connectivity index (χ4v) is 2.29. The van der Waals surface area contributed by atoms with Crippen LogP contribution in [0.5, 0.6) is 0 Å². The van der Waals surface area contributed by atoms with Gasteiger partial charge in [-0.3, -0.25) is 9.98 Å². The fourth-order valence-electron chi connectivity index (χ4n) is 1.33. The summed E-state index contributed by atoms with van der Waals surface area (Å²) in [5, 5.41) is 14.8. The molecule has 0 bridgehead atoms. The van der Waals surface area contributed by atoms with Gasteiger partial charge in [0.1, 0.15) is 10.9 Å². The molecule has 0 saturated heterocycles. The number of aryl methyl sites for hydroxylation is 1. The molecule has 0 saturated carbocycles. The van der Waals surface area contributed by atoms with Crippen molar-refractivity contribution in [3.8, 4) is 0 Å². The molecule has 2 aromatic heterocycles. The van der Waals surface area contributed by atoms with Gasteiger partial charge < -0.3 is 5.73 Å². The largest absolute Gasteiger partial charge is 0.384 e. The summed E-state index contributed by atoms with van der Waals surface area (Å²) < 4.78 is 1.37. The van der Waals surface area contributed by atoms with E-state index in [1.807, 2.05) is 6.92 Å². The molecule has 8 heteroatoms. The molecule has 0 atom stereocenters. The van der Waals surface area contributed by atoms with Crippen molar-refractivity contribution in [2.75, 3.05) is 0 Å². The van der Waals surface area contributed by atoms with Crippen LogP contribution < -0.4 is 11.4 Å². The Kier molecular flexibility index (Phi) is 3.19. The van der Waals surface area contributed by atoms with Crippen LogP contribution in [0.15, 0.2) is 27.1 Å². The van der Waals surface area contributed by atoms with Crippen LogP contribution in [-0.2, 0) is 7.05 Å². The van der Waals surface area contributed by atoms with Gasteiger partial charge in [-0.2, -0.15) is 0 Å². The first kappa shape index (κ1) is 12.4. The summed E-state index contributed by atoms with van der Waals surface area (Å²) in [4.78, 5) is 15.6. The van der Waals surface area contributed by atoms with E-state index in [0.29, 0.717) is 15.7 Å². The molecule has 7 nitrogen and oxygen atoms in total. The van der Waals surface area contributed by atoms with E-state index in [2.05, 4.69) is 15.2 Å². The van der Waals surface area contributed by atoms with Gasteiger partial charge in [0.25, 0.3) is 0 Å².